The molecule has 0 aromatic rings. The highest BCUT2D eigenvalue weighted by molar-refractivity contribution is 5.93. The Morgan fingerprint density at radius 2 is 1.41 bits per heavy atom. The fourth-order valence-electron chi connectivity index (χ4n) is 1.51. The van der Waals surface area contributed by atoms with Gasteiger partial charge in [0, 0.05) is 12.4 Å². The number of esters is 2. The highest BCUT2D eigenvalue weighted by atomic mass is 16.6. The minimum Gasteiger partial charge on any atom is -0.390 e. The van der Waals surface area contributed by atoms with Crippen molar-refractivity contribution < 1.29 is 14.3 Å². The molecule has 0 amide bonds. The van der Waals surface area contributed by atoms with Crippen molar-refractivity contribution in [2.75, 3.05) is 0 Å². The Bertz CT molecular complexity index is 395. The van der Waals surface area contributed by atoms with Crippen LogP contribution in [-0.2, 0) is 14.3 Å². The molecule has 0 aliphatic carbocycles. The van der Waals surface area contributed by atoms with Crippen LogP contribution in [0, 0.1) is 0 Å². The van der Waals surface area contributed by atoms with Crippen LogP contribution < -0.4 is 0 Å². The van der Waals surface area contributed by atoms with Gasteiger partial charge in [0.05, 0.1) is 0 Å². The molecule has 0 saturated carbocycles. The predicted octanol–water partition coefficient (Wildman–Crippen LogP) is 0.855. The van der Waals surface area contributed by atoms with Crippen LogP contribution in [0.2, 0.25) is 0 Å². The minimum atomic E-state index is -0.611. The van der Waals surface area contributed by atoms with Crippen molar-refractivity contribution in [3.63, 3.8) is 0 Å². The van der Waals surface area contributed by atoms with Crippen molar-refractivity contribution in [3.05, 3.63) is 24.3 Å². The van der Waals surface area contributed by atoms with Gasteiger partial charge in [-0.3, -0.25) is 9.98 Å². The van der Waals surface area contributed by atoms with E-state index in [1.165, 1.54) is 12.4 Å². The molecule has 0 N–H and O–H groups in total. The highest BCUT2D eigenvalue weighted by Crippen LogP contribution is 2.10. The van der Waals surface area contributed by atoms with Crippen molar-refractivity contribution in [1.29, 1.82) is 0 Å². The van der Waals surface area contributed by atoms with Gasteiger partial charge >= 0.3 is 11.9 Å². The quantitative estimate of drug-likeness (QED) is 0.523. The van der Waals surface area contributed by atoms with Crippen LogP contribution >= 0.6 is 0 Å². The van der Waals surface area contributed by atoms with Crippen LogP contribution in [0.1, 0.15) is 12.8 Å². The summed E-state index contributed by atoms with van der Waals surface area (Å²) < 4.78 is 4.76. The van der Waals surface area contributed by atoms with E-state index in [4.69, 9.17) is 4.74 Å². The van der Waals surface area contributed by atoms with Crippen LogP contribution in [0.3, 0.4) is 0 Å². The molecule has 2 rings (SSSR count). The Labute approximate surface area is 98.6 Å². The number of carbonyl (C=O) groups excluding carboxylic acids is 2. The summed E-state index contributed by atoms with van der Waals surface area (Å²) in [6.45, 7) is 0. The fraction of sp³-hybridized carbons (Fsp3) is 0.333. The number of allylic oxidation sites excluding steroid dienone is 2. The monoisotopic (exact) mass is 232 g/mol. The van der Waals surface area contributed by atoms with Gasteiger partial charge in [0.15, 0.2) is 12.1 Å². The number of carbonyl (C=O) groups is 2. The molecular weight excluding hydrogens is 220 g/mol. The summed E-state index contributed by atoms with van der Waals surface area (Å²) >= 11 is 0. The van der Waals surface area contributed by atoms with Crippen LogP contribution in [0.15, 0.2) is 34.3 Å². The molecule has 0 aromatic heterocycles. The van der Waals surface area contributed by atoms with Crippen LogP contribution in [0.25, 0.3) is 0 Å². The van der Waals surface area contributed by atoms with Crippen molar-refractivity contribution in [3.8, 4) is 0 Å². The first-order valence-electron chi connectivity index (χ1n) is 5.39. The van der Waals surface area contributed by atoms with Crippen molar-refractivity contribution in [2.45, 2.75) is 24.9 Å². The van der Waals surface area contributed by atoms with Gasteiger partial charge in [-0.25, -0.2) is 9.59 Å². The van der Waals surface area contributed by atoms with Gasteiger partial charge in [0.25, 0.3) is 0 Å². The number of hydrogen-bond acceptors (Lipinski definition) is 5. The lowest BCUT2D eigenvalue weighted by molar-refractivity contribution is -0.161. The van der Waals surface area contributed by atoms with Crippen molar-refractivity contribution in [2.24, 2.45) is 9.98 Å². The van der Waals surface area contributed by atoms with Crippen LogP contribution in [0.5, 0.6) is 0 Å². The average Bonchev–Trinajstić information content (AvgIpc) is 2.40. The second-order valence-corrected chi connectivity index (χ2v) is 3.70. The zero-order chi connectivity index (χ0) is 12.1. The molecule has 2 heterocycles. The first-order chi connectivity index (χ1) is 8.27. The third-order valence-electron chi connectivity index (χ3n) is 2.44. The van der Waals surface area contributed by atoms with Gasteiger partial charge in [0.1, 0.15) is 0 Å². The number of dihydropyridines is 2. The molecule has 2 aliphatic rings. The molecule has 0 spiro atoms. The molecule has 2 atom stereocenters. The van der Waals surface area contributed by atoms with Gasteiger partial charge in [-0.1, -0.05) is 12.2 Å². The van der Waals surface area contributed by atoms with E-state index in [9.17, 15) is 9.59 Å². The summed E-state index contributed by atoms with van der Waals surface area (Å²) in [5.41, 5.74) is 0. The second kappa shape index (κ2) is 5.34. The molecule has 0 aromatic carbocycles. The zero-order valence-corrected chi connectivity index (χ0v) is 9.15. The molecule has 2 unspecified atom stereocenters. The van der Waals surface area contributed by atoms with E-state index in [0.717, 1.165) is 0 Å². The van der Waals surface area contributed by atoms with Gasteiger partial charge in [-0.2, -0.15) is 0 Å². The molecule has 2 aliphatic heterocycles. The fourth-order valence-corrected chi connectivity index (χ4v) is 1.51. The smallest absolute Gasteiger partial charge is 0.338 e. The molecule has 0 saturated heterocycles. The zero-order valence-electron chi connectivity index (χ0n) is 9.15. The lowest BCUT2D eigenvalue weighted by Crippen LogP contribution is -2.30. The van der Waals surface area contributed by atoms with E-state index >= 15 is 0 Å². The van der Waals surface area contributed by atoms with E-state index in [-0.39, 0.29) is 0 Å². The molecule has 88 valence electrons. The van der Waals surface area contributed by atoms with Gasteiger partial charge in [0.2, 0.25) is 0 Å². The summed E-state index contributed by atoms with van der Waals surface area (Å²) in [7, 11) is 0. The number of rotatable bonds is 2. The maximum absolute atomic E-state index is 11.6. The summed E-state index contributed by atoms with van der Waals surface area (Å²) in [6.07, 6.45) is 11.1. The van der Waals surface area contributed by atoms with Crippen molar-refractivity contribution >= 4 is 24.4 Å². The van der Waals surface area contributed by atoms with E-state index in [0.29, 0.717) is 12.8 Å². The number of ether oxygens (including phenoxy) is 1. The Morgan fingerprint density at radius 1 is 0.941 bits per heavy atom. The number of nitrogens with zero attached hydrogens (tertiary/aromatic N) is 2. The molecule has 0 bridgehead atoms. The lowest BCUT2D eigenvalue weighted by Gasteiger charge is -2.14. The molecule has 0 fully saturated rings. The standard InChI is InChI=1S/C12H12N2O3/c15-11(9-5-1-3-7-13-9)17-12(16)10-6-2-4-8-14-10/h1-4,7-10H,5-6H2. The van der Waals surface area contributed by atoms with Gasteiger partial charge in [-0.15, -0.1) is 0 Å². The van der Waals surface area contributed by atoms with E-state index in [2.05, 4.69) is 9.98 Å². The SMILES string of the molecule is O=C(OC(=O)C1CC=CC=N1)C1CC=CC=N1. The summed E-state index contributed by atoms with van der Waals surface area (Å²) in [5.74, 6) is -1.22. The van der Waals surface area contributed by atoms with Gasteiger partial charge < -0.3 is 4.74 Å². The first kappa shape index (κ1) is 11.4. The predicted molar refractivity (Wildman–Crippen MR) is 63.2 cm³/mol. The minimum absolute atomic E-state index is 0.469. The van der Waals surface area contributed by atoms with Crippen molar-refractivity contribution in [1.82, 2.24) is 0 Å². The molecule has 5 nitrogen and oxygen atoms in total. The Morgan fingerprint density at radius 3 is 1.76 bits per heavy atom. The molecule has 5 heteroatoms. The maximum Gasteiger partial charge on any atom is 0.338 e. The second-order valence-electron chi connectivity index (χ2n) is 3.70. The van der Waals surface area contributed by atoms with E-state index in [1.807, 2.05) is 12.2 Å². The average molecular weight is 232 g/mol. The molecule has 0 radical (unpaired) electrons. The molecule has 17 heavy (non-hydrogen) atoms. The number of hydrogen-bond donors (Lipinski definition) is 0. The summed E-state index contributed by atoms with van der Waals surface area (Å²) in [4.78, 5) is 31.1. The Balaban J connectivity index is 1.88. The Kier molecular flexibility index (Phi) is 3.59. The van der Waals surface area contributed by atoms with Gasteiger partial charge in [-0.05, 0) is 25.0 Å². The number of aliphatic imine (C=N–C) groups is 2. The normalized spacial score (nSPS) is 25.9. The lowest BCUT2D eigenvalue weighted by atomic mass is 10.1. The maximum atomic E-state index is 11.6. The van der Waals surface area contributed by atoms with Crippen LogP contribution in [-0.4, -0.2) is 36.5 Å². The summed E-state index contributed by atoms with van der Waals surface area (Å²) in [5, 5.41) is 0. The Hall–Kier alpha value is -2.04. The highest BCUT2D eigenvalue weighted by Gasteiger charge is 2.26. The molecular formula is C12H12N2O3. The van der Waals surface area contributed by atoms with E-state index < -0.39 is 24.0 Å². The van der Waals surface area contributed by atoms with Crippen LogP contribution in [0.4, 0.5) is 0 Å². The first-order valence-corrected chi connectivity index (χ1v) is 5.39. The topological polar surface area (TPSA) is 68.1 Å². The van der Waals surface area contributed by atoms with E-state index in [1.54, 1.807) is 12.2 Å². The summed E-state index contributed by atoms with van der Waals surface area (Å²) in [6, 6.07) is -1.21. The largest absolute Gasteiger partial charge is 0.390 e. The third kappa shape index (κ3) is 2.96. The third-order valence-corrected chi connectivity index (χ3v) is 2.44.